The molecule has 0 aromatic carbocycles. The van der Waals surface area contributed by atoms with Crippen LogP contribution >= 0.6 is 11.6 Å². The third-order valence-electron chi connectivity index (χ3n) is 3.34. The van der Waals surface area contributed by atoms with Crippen molar-refractivity contribution in [2.45, 2.75) is 52.6 Å². The fraction of sp³-hybridized carbons (Fsp3) is 0.714. The standard InChI is InChI=1S/C14H25ClN4O/c1-5-10(3)17-13(20)7-8-16-9-12-14(15)11(6-2)18-19(12)4/h10,16H,5-9H2,1-4H3,(H,17,20). The molecule has 114 valence electrons. The molecule has 1 heterocycles. The summed E-state index contributed by atoms with van der Waals surface area (Å²) in [6, 6.07) is 0.237. The molecule has 0 bridgehead atoms. The summed E-state index contributed by atoms with van der Waals surface area (Å²) in [6.07, 6.45) is 2.24. The van der Waals surface area contributed by atoms with Gasteiger partial charge in [0, 0.05) is 32.6 Å². The highest BCUT2D eigenvalue weighted by Gasteiger charge is 2.12. The highest BCUT2D eigenvalue weighted by Crippen LogP contribution is 2.20. The average molecular weight is 301 g/mol. The van der Waals surface area contributed by atoms with Gasteiger partial charge in [-0.25, -0.2) is 0 Å². The zero-order chi connectivity index (χ0) is 15.1. The van der Waals surface area contributed by atoms with Crippen LogP contribution in [-0.4, -0.2) is 28.3 Å². The van der Waals surface area contributed by atoms with E-state index in [1.807, 2.05) is 20.9 Å². The lowest BCUT2D eigenvalue weighted by Gasteiger charge is -2.11. The van der Waals surface area contributed by atoms with Gasteiger partial charge in [0.2, 0.25) is 5.91 Å². The first kappa shape index (κ1) is 17.0. The van der Waals surface area contributed by atoms with Gasteiger partial charge in [0.15, 0.2) is 0 Å². The Bertz CT molecular complexity index is 445. The number of carbonyl (C=O) groups excluding carboxylic acids is 1. The molecular weight excluding hydrogens is 276 g/mol. The molecule has 1 rings (SSSR count). The van der Waals surface area contributed by atoms with Crippen molar-refractivity contribution in [2.75, 3.05) is 6.54 Å². The molecule has 2 N–H and O–H groups in total. The van der Waals surface area contributed by atoms with Gasteiger partial charge in [-0.1, -0.05) is 25.4 Å². The summed E-state index contributed by atoms with van der Waals surface area (Å²) in [5, 5.41) is 11.3. The largest absolute Gasteiger partial charge is 0.354 e. The molecule has 1 unspecified atom stereocenters. The van der Waals surface area contributed by atoms with Gasteiger partial charge in [-0.15, -0.1) is 0 Å². The molecule has 0 aliphatic carbocycles. The number of hydrogen-bond donors (Lipinski definition) is 2. The van der Waals surface area contributed by atoms with E-state index in [-0.39, 0.29) is 11.9 Å². The van der Waals surface area contributed by atoms with Crippen LogP contribution in [0.15, 0.2) is 0 Å². The SMILES string of the molecule is CCc1nn(C)c(CNCCC(=O)NC(C)CC)c1Cl. The Labute approximate surface area is 126 Å². The average Bonchev–Trinajstić information content (AvgIpc) is 2.69. The van der Waals surface area contributed by atoms with Gasteiger partial charge in [-0.3, -0.25) is 9.48 Å². The smallest absolute Gasteiger partial charge is 0.221 e. The van der Waals surface area contributed by atoms with Gasteiger partial charge < -0.3 is 10.6 Å². The van der Waals surface area contributed by atoms with Gasteiger partial charge in [0.05, 0.1) is 16.4 Å². The second-order valence-electron chi connectivity index (χ2n) is 4.99. The van der Waals surface area contributed by atoms with Crippen LogP contribution in [-0.2, 0) is 24.8 Å². The van der Waals surface area contributed by atoms with Crippen LogP contribution in [0.25, 0.3) is 0 Å². The van der Waals surface area contributed by atoms with E-state index < -0.39 is 0 Å². The number of amides is 1. The molecule has 0 saturated heterocycles. The number of hydrogen-bond acceptors (Lipinski definition) is 3. The molecule has 0 saturated carbocycles. The van der Waals surface area contributed by atoms with Gasteiger partial charge in [0.25, 0.3) is 0 Å². The lowest BCUT2D eigenvalue weighted by atomic mass is 10.2. The maximum absolute atomic E-state index is 11.6. The Morgan fingerprint density at radius 3 is 2.70 bits per heavy atom. The summed E-state index contributed by atoms with van der Waals surface area (Å²) in [6.45, 7) is 7.35. The topological polar surface area (TPSA) is 59.0 Å². The minimum atomic E-state index is 0.0807. The van der Waals surface area contributed by atoms with E-state index in [0.29, 0.717) is 19.5 Å². The van der Waals surface area contributed by atoms with Crippen LogP contribution in [0.5, 0.6) is 0 Å². The molecular formula is C14H25ClN4O. The Hall–Kier alpha value is -1.07. The number of aromatic nitrogens is 2. The molecule has 0 radical (unpaired) electrons. The second kappa shape index (κ2) is 8.27. The van der Waals surface area contributed by atoms with E-state index in [2.05, 4.69) is 22.7 Å². The van der Waals surface area contributed by atoms with Crippen LogP contribution < -0.4 is 10.6 Å². The highest BCUT2D eigenvalue weighted by atomic mass is 35.5. The van der Waals surface area contributed by atoms with Gasteiger partial charge in [-0.05, 0) is 19.8 Å². The van der Waals surface area contributed by atoms with E-state index >= 15 is 0 Å². The van der Waals surface area contributed by atoms with Crippen molar-refractivity contribution in [3.05, 3.63) is 16.4 Å². The van der Waals surface area contributed by atoms with E-state index in [9.17, 15) is 4.79 Å². The molecule has 1 atom stereocenters. The van der Waals surface area contributed by atoms with Crippen LogP contribution in [0, 0.1) is 0 Å². The van der Waals surface area contributed by atoms with Gasteiger partial charge in [0.1, 0.15) is 0 Å². The Morgan fingerprint density at radius 1 is 1.45 bits per heavy atom. The molecule has 0 aliphatic rings. The number of nitrogens with one attached hydrogen (secondary N) is 2. The summed E-state index contributed by atoms with van der Waals surface area (Å²) in [5.41, 5.74) is 1.88. The number of rotatable bonds is 8. The number of aryl methyl sites for hydroxylation is 2. The van der Waals surface area contributed by atoms with Crippen molar-refractivity contribution < 1.29 is 4.79 Å². The van der Waals surface area contributed by atoms with Crippen molar-refractivity contribution in [3.63, 3.8) is 0 Å². The third-order valence-corrected chi connectivity index (χ3v) is 3.78. The highest BCUT2D eigenvalue weighted by molar-refractivity contribution is 6.31. The van der Waals surface area contributed by atoms with Crippen LogP contribution in [0.2, 0.25) is 5.02 Å². The van der Waals surface area contributed by atoms with Gasteiger partial charge >= 0.3 is 0 Å². The van der Waals surface area contributed by atoms with E-state index in [1.165, 1.54) is 0 Å². The molecule has 0 aliphatic heterocycles. The fourth-order valence-electron chi connectivity index (χ4n) is 1.87. The predicted molar refractivity (Wildman–Crippen MR) is 81.8 cm³/mol. The Balaban J connectivity index is 2.35. The molecule has 5 nitrogen and oxygen atoms in total. The zero-order valence-corrected chi connectivity index (χ0v) is 13.5. The first-order valence-electron chi connectivity index (χ1n) is 7.19. The molecule has 0 spiro atoms. The summed E-state index contributed by atoms with van der Waals surface area (Å²) in [4.78, 5) is 11.6. The first-order chi connectivity index (χ1) is 9.49. The van der Waals surface area contributed by atoms with Crippen molar-refractivity contribution in [2.24, 2.45) is 7.05 Å². The number of halogens is 1. The Kier molecular flexibility index (Phi) is 7.02. The minimum Gasteiger partial charge on any atom is -0.354 e. The summed E-state index contributed by atoms with van der Waals surface area (Å²) in [7, 11) is 1.89. The first-order valence-corrected chi connectivity index (χ1v) is 7.57. The minimum absolute atomic E-state index is 0.0807. The summed E-state index contributed by atoms with van der Waals surface area (Å²) >= 11 is 6.26. The normalized spacial score (nSPS) is 12.4. The lowest BCUT2D eigenvalue weighted by molar-refractivity contribution is -0.121. The molecule has 1 amide bonds. The molecule has 1 aromatic heterocycles. The second-order valence-corrected chi connectivity index (χ2v) is 5.37. The fourth-order valence-corrected chi connectivity index (χ4v) is 2.23. The molecule has 0 fully saturated rings. The van der Waals surface area contributed by atoms with Crippen molar-refractivity contribution in [3.8, 4) is 0 Å². The van der Waals surface area contributed by atoms with Gasteiger partial charge in [-0.2, -0.15) is 5.10 Å². The molecule has 6 heteroatoms. The van der Waals surface area contributed by atoms with E-state index in [0.717, 1.165) is 29.3 Å². The zero-order valence-electron chi connectivity index (χ0n) is 12.8. The number of carbonyl (C=O) groups is 1. The quantitative estimate of drug-likeness (QED) is 0.722. The van der Waals surface area contributed by atoms with Crippen LogP contribution in [0.3, 0.4) is 0 Å². The maximum atomic E-state index is 11.6. The maximum Gasteiger partial charge on any atom is 0.221 e. The third kappa shape index (κ3) is 4.80. The summed E-state index contributed by atoms with van der Waals surface area (Å²) in [5.74, 6) is 0.0807. The lowest BCUT2D eigenvalue weighted by Crippen LogP contribution is -2.34. The number of nitrogens with zero attached hydrogens (tertiary/aromatic N) is 2. The molecule has 20 heavy (non-hydrogen) atoms. The van der Waals surface area contributed by atoms with Crippen LogP contribution in [0.4, 0.5) is 0 Å². The summed E-state index contributed by atoms with van der Waals surface area (Å²) < 4.78 is 1.80. The van der Waals surface area contributed by atoms with E-state index in [1.54, 1.807) is 4.68 Å². The molecule has 1 aromatic rings. The van der Waals surface area contributed by atoms with Crippen LogP contribution in [0.1, 0.15) is 45.0 Å². The van der Waals surface area contributed by atoms with Crippen molar-refractivity contribution in [1.29, 1.82) is 0 Å². The predicted octanol–water partition coefficient (Wildman–Crippen LogP) is 2.03. The monoisotopic (exact) mass is 300 g/mol. The van der Waals surface area contributed by atoms with E-state index in [4.69, 9.17) is 11.6 Å². The van der Waals surface area contributed by atoms with Crippen molar-refractivity contribution >= 4 is 17.5 Å². The Morgan fingerprint density at radius 2 is 2.15 bits per heavy atom. The van der Waals surface area contributed by atoms with Crippen molar-refractivity contribution in [1.82, 2.24) is 20.4 Å².